The van der Waals surface area contributed by atoms with Crippen LogP contribution in [0.15, 0.2) is 0 Å². The molecule has 0 aromatic rings. The lowest BCUT2D eigenvalue weighted by Crippen LogP contribution is -2.33. The average molecular weight is 231 g/mol. The summed E-state index contributed by atoms with van der Waals surface area (Å²) in [6.45, 7) is 0.729. The summed E-state index contributed by atoms with van der Waals surface area (Å²) in [4.78, 5) is 40.7. The van der Waals surface area contributed by atoms with E-state index < -0.39 is 23.9 Å². The average Bonchev–Trinajstić information content (AvgIpc) is 2.76. The first-order valence-electron chi connectivity index (χ1n) is 4.96. The quantitative estimate of drug-likeness (QED) is 0.501. The zero-order valence-corrected chi connectivity index (χ0v) is 8.60. The molecule has 7 heteroatoms. The lowest BCUT2D eigenvalue weighted by molar-refractivity contribution is -0.260. The summed E-state index contributed by atoms with van der Waals surface area (Å²) < 4.78 is 0. The first-order valence-corrected chi connectivity index (χ1v) is 4.96. The number of hydrogen-bond acceptors (Lipinski definition) is 6. The van der Waals surface area contributed by atoms with Crippen molar-refractivity contribution in [3.8, 4) is 0 Å². The summed E-state index contributed by atoms with van der Waals surface area (Å²) >= 11 is 0. The normalized spacial score (nSPS) is 19.1. The molecule has 0 aromatic heterocycles. The third kappa shape index (κ3) is 4.26. The second-order valence-electron chi connectivity index (χ2n) is 3.40. The molecule has 7 nitrogen and oxygen atoms in total. The van der Waals surface area contributed by atoms with E-state index in [4.69, 9.17) is 5.11 Å². The molecule has 1 fully saturated rings. The Morgan fingerprint density at radius 3 is 2.56 bits per heavy atom. The van der Waals surface area contributed by atoms with E-state index in [1.807, 2.05) is 0 Å². The maximum absolute atomic E-state index is 11.2. The zero-order valence-electron chi connectivity index (χ0n) is 8.60. The van der Waals surface area contributed by atoms with Crippen LogP contribution in [0.2, 0.25) is 0 Å². The number of nitrogens with one attached hydrogen (secondary N) is 1. The molecule has 1 heterocycles. The highest BCUT2D eigenvalue weighted by Gasteiger charge is 2.25. The van der Waals surface area contributed by atoms with Crippen molar-refractivity contribution in [2.45, 2.75) is 31.7 Å². The molecule has 16 heavy (non-hydrogen) atoms. The Labute approximate surface area is 91.6 Å². The van der Waals surface area contributed by atoms with Crippen LogP contribution in [-0.2, 0) is 24.2 Å². The number of hydrogen-bond donors (Lipinski definition) is 2. The van der Waals surface area contributed by atoms with Gasteiger partial charge in [-0.15, -0.1) is 0 Å². The Kier molecular flexibility index (Phi) is 4.71. The molecule has 1 rings (SSSR count). The highest BCUT2D eigenvalue weighted by Crippen LogP contribution is 2.07. The molecule has 1 aliphatic heterocycles. The van der Waals surface area contributed by atoms with Crippen molar-refractivity contribution in [1.29, 1.82) is 0 Å². The van der Waals surface area contributed by atoms with Crippen LogP contribution in [0.25, 0.3) is 0 Å². The second kappa shape index (κ2) is 6.06. The summed E-state index contributed by atoms with van der Waals surface area (Å²) in [5.74, 6) is -2.63. The first kappa shape index (κ1) is 12.4. The van der Waals surface area contributed by atoms with Crippen LogP contribution in [0.1, 0.15) is 25.7 Å². The van der Waals surface area contributed by atoms with Gasteiger partial charge in [-0.2, -0.15) is 0 Å². The number of carbonyl (C=O) groups is 3. The Morgan fingerprint density at radius 1 is 1.25 bits per heavy atom. The molecule has 1 atom stereocenters. The number of carboxylic acids is 1. The number of aliphatic carboxylic acids is 1. The molecular formula is C9H13NO6. The van der Waals surface area contributed by atoms with Crippen molar-refractivity contribution >= 4 is 17.9 Å². The van der Waals surface area contributed by atoms with Gasteiger partial charge in [-0.05, 0) is 19.4 Å². The minimum Gasteiger partial charge on any atom is -0.481 e. The molecule has 0 bridgehead atoms. The van der Waals surface area contributed by atoms with Crippen molar-refractivity contribution in [1.82, 2.24) is 5.32 Å². The Bertz CT molecular complexity index is 284. The van der Waals surface area contributed by atoms with Crippen molar-refractivity contribution in [2.75, 3.05) is 6.54 Å². The van der Waals surface area contributed by atoms with E-state index in [-0.39, 0.29) is 12.8 Å². The first-order chi connectivity index (χ1) is 7.59. The Morgan fingerprint density at radius 2 is 2.00 bits per heavy atom. The number of rotatable bonds is 4. The van der Waals surface area contributed by atoms with Gasteiger partial charge < -0.3 is 10.4 Å². The molecule has 1 unspecified atom stereocenters. The third-order valence-electron chi connectivity index (χ3n) is 2.10. The van der Waals surface area contributed by atoms with Gasteiger partial charge in [0.25, 0.3) is 0 Å². The van der Waals surface area contributed by atoms with Crippen LogP contribution in [0.5, 0.6) is 0 Å². The number of carboxylic acid groups (broad SMARTS) is 1. The topological polar surface area (TPSA) is 102 Å². The van der Waals surface area contributed by atoms with Gasteiger partial charge in [0.1, 0.15) is 6.04 Å². The SMILES string of the molecule is O=C(O)CCC(=O)OOC(=O)C1CCCN1. The molecule has 0 radical (unpaired) electrons. The third-order valence-corrected chi connectivity index (χ3v) is 2.10. The monoisotopic (exact) mass is 231 g/mol. The summed E-state index contributed by atoms with van der Waals surface area (Å²) in [5.41, 5.74) is 0. The molecule has 2 N–H and O–H groups in total. The highest BCUT2D eigenvalue weighted by atomic mass is 17.2. The van der Waals surface area contributed by atoms with Crippen LogP contribution < -0.4 is 5.32 Å². The fourth-order valence-electron chi connectivity index (χ4n) is 1.28. The number of carbonyl (C=O) groups excluding carboxylic acids is 2. The van der Waals surface area contributed by atoms with E-state index in [1.165, 1.54) is 0 Å². The predicted molar refractivity (Wildman–Crippen MR) is 50.1 cm³/mol. The van der Waals surface area contributed by atoms with Crippen LogP contribution in [0, 0.1) is 0 Å². The largest absolute Gasteiger partial charge is 0.481 e. The van der Waals surface area contributed by atoms with Gasteiger partial charge in [-0.3, -0.25) is 4.79 Å². The molecule has 0 saturated carbocycles. The molecule has 0 amide bonds. The van der Waals surface area contributed by atoms with Gasteiger partial charge in [0.2, 0.25) is 0 Å². The standard InChI is InChI=1S/C9H13NO6/c11-7(12)3-4-8(13)15-16-9(14)6-2-1-5-10-6/h6,10H,1-5H2,(H,11,12). The van der Waals surface area contributed by atoms with E-state index in [9.17, 15) is 14.4 Å². The smallest absolute Gasteiger partial charge is 0.372 e. The van der Waals surface area contributed by atoms with E-state index in [1.54, 1.807) is 0 Å². The van der Waals surface area contributed by atoms with Crippen LogP contribution in [0.3, 0.4) is 0 Å². The summed E-state index contributed by atoms with van der Waals surface area (Å²) in [7, 11) is 0. The van der Waals surface area contributed by atoms with Crippen molar-refractivity contribution in [3.05, 3.63) is 0 Å². The van der Waals surface area contributed by atoms with Gasteiger partial charge in [0.15, 0.2) is 0 Å². The van der Waals surface area contributed by atoms with Crippen molar-refractivity contribution in [3.63, 3.8) is 0 Å². The van der Waals surface area contributed by atoms with Crippen LogP contribution >= 0.6 is 0 Å². The summed E-state index contributed by atoms with van der Waals surface area (Å²) in [6.07, 6.45) is 0.844. The predicted octanol–water partition coefficient (Wildman–Crippen LogP) is -0.395. The second-order valence-corrected chi connectivity index (χ2v) is 3.40. The van der Waals surface area contributed by atoms with Gasteiger partial charge in [0, 0.05) is 0 Å². The van der Waals surface area contributed by atoms with Gasteiger partial charge in [0.05, 0.1) is 12.8 Å². The molecule has 0 spiro atoms. The zero-order chi connectivity index (χ0) is 12.0. The van der Waals surface area contributed by atoms with Crippen LogP contribution in [-0.4, -0.2) is 35.6 Å². The van der Waals surface area contributed by atoms with Crippen molar-refractivity contribution in [2.24, 2.45) is 0 Å². The fourth-order valence-corrected chi connectivity index (χ4v) is 1.28. The fraction of sp³-hybridized carbons (Fsp3) is 0.667. The van der Waals surface area contributed by atoms with Crippen LogP contribution in [0.4, 0.5) is 0 Å². The van der Waals surface area contributed by atoms with E-state index in [0.29, 0.717) is 6.42 Å². The van der Waals surface area contributed by atoms with E-state index in [0.717, 1.165) is 13.0 Å². The Hall–Kier alpha value is -1.63. The van der Waals surface area contributed by atoms with E-state index >= 15 is 0 Å². The molecule has 1 aliphatic rings. The summed E-state index contributed by atoms with van der Waals surface area (Å²) in [6, 6.07) is -0.438. The maximum Gasteiger partial charge on any atom is 0.372 e. The molecule has 1 saturated heterocycles. The van der Waals surface area contributed by atoms with Gasteiger partial charge >= 0.3 is 17.9 Å². The Balaban J connectivity index is 2.15. The minimum absolute atomic E-state index is 0.319. The lowest BCUT2D eigenvalue weighted by atomic mass is 10.2. The molecular weight excluding hydrogens is 218 g/mol. The molecule has 0 aliphatic carbocycles. The van der Waals surface area contributed by atoms with E-state index in [2.05, 4.69) is 15.1 Å². The molecule has 90 valence electrons. The van der Waals surface area contributed by atoms with Gasteiger partial charge in [-0.25, -0.2) is 19.4 Å². The molecule has 0 aromatic carbocycles. The lowest BCUT2D eigenvalue weighted by Gasteiger charge is -2.07. The van der Waals surface area contributed by atoms with Crippen molar-refractivity contribution < 1.29 is 29.3 Å². The minimum atomic E-state index is -1.11. The van der Waals surface area contributed by atoms with Gasteiger partial charge in [-0.1, -0.05) is 0 Å². The highest BCUT2D eigenvalue weighted by molar-refractivity contribution is 5.79. The maximum atomic E-state index is 11.2. The summed E-state index contributed by atoms with van der Waals surface area (Å²) in [5, 5.41) is 11.2.